The lowest BCUT2D eigenvalue weighted by Gasteiger charge is -2.37. The quantitative estimate of drug-likeness (QED) is 0.712. The van der Waals surface area contributed by atoms with Gasteiger partial charge < -0.3 is 14.6 Å². The van der Waals surface area contributed by atoms with Gasteiger partial charge in [0.25, 0.3) is 0 Å². The molecule has 5 nitrogen and oxygen atoms in total. The third kappa shape index (κ3) is 3.75. The third-order valence-corrected chi connectivity index (χ3v) is 6.00. The Kier molecular flexibility index (Phi) is 5.58. The van der Waals surface area contributed by atoms with E-state index in [1.54, 1.807) is 0 Å². The zero-order valence-corrected chi connectivity index (χ0v) is 17.3. The Morgan fingerprint density at radius 1 is 1.07 bits per heavy atom. The van der Waals surface area contributed by atoms with E-state index in [2.05, 4.69) is 46.4 Å². The second-order valence-electron chi connectivity index (χ2n) is 7.52. The topological polar surface area (TPSA) is 44.5 Å². The summed E-state index contributed by atoms with van der Waals surface area (Å²) in [5.74, 6) is 0.992. The summed E-state index contributed by atoms with van der Waals surface area (Å²) in [6, 6.07) is 12.3. The van der Waals surface area contributed by atoms with E-state index < -0.39 is 0 Å². The molecule has 1 aromatic heterocycles. The van der Waals surface area contributed by atoms with E-state index in [1.807, 2.05) is 18.2 Å². The van der Waals surface area contributed by atoms with Gasteiger partial charge in [0.05, 0.1) is 24.2 Å². The maximum absolute atomic E-state index is 9.50. The summed E-state index contributed by atoms with van der Waals surface area (Å²) >= 11 is 6.17. The van der Waals surface area contributed by atoms with Crippen LogP contribution in [0.3, 0.4) is 0 Å². The zero-order chi connectivity index (χ0) is 19.7. The number of nitrogens with zero attached hydrogens (tertiary/aromatic N) is 4. The van der Waals surface area contributed by atoms with Crippen molar-refractivity contribution in [2.75, 3.05) is 37.7 Å². The first kappa shape index (κ1) is 19.2. The number of benzene rings is 2. The number of hydrogen-bond acceptors (Lipinski definition) is 4. The van der Waals surface area contributed by atoms with Crippen LogP contribution in [-0.2, 0) is 13.1 Å². The lowest BCUT2D eigenvalue weighted by Crippen LogP contribution is -2.46. The number of rotatable bonds is 5. The number of piperazine rings is 1. The van der Waals surface area contributed by atoms with E-state index in [1.165, 1.54) is 16.8 Å². The molecule has 0 bridgehead atoms. The first-order chi connectivity index (χ1) is 13.6. The molecule has 1 aliphatic rings. The Hall–Kier alpha value is -2.08. The first-order valence-electron chi connectivity index (χ1n) is 9.86. The summed E-state index contributed by atoms with van der Waals surface area (Å²) in [4.78, 5) is 9.73. The molecule has 1 saturated heterocycles. The largest absolute Gasteiger partial charge is 0.395 e. The first-order valence-corrected chi connectivity index (χ1v) is 10.2. The van der Waals surface area contributed by atoms with Gasteiger partial charge in [-0.05, 0) is 49.2 Å². The molecule has 0 unspecified atom stereocenters. The van der Waals surface area contributed by atoms with E-state index >= 15 is 0 Å². The lowest BCUT2D eigenvalue weighted by molar-refractivity contribution is 0.234. The molecule has 0 saturated carbocycles. The Labute approximate surface area is 171 Å². The van der Waals surface area contributed by atoms with E-state index in [0.29, 0.717) is 11.6 Å². The molecule has 2 heterocycles. The Morgan fingerprint density at radius 3 is 2.61 bits per heavy atom. The lowest BCUT2D eigenvalue weighted by atomic mass is 10.1. The fourth-order valence-electron chi connectivity index (χ4n) is 4.04. The molecule has 0 amide bonds. The van der Waals surface area contributed by atoms with E-state index in [4.69, 9.17) is 16.6 Å². The molecule has 148 valence electrons. The highest BCUT2D eigenvalue weighted by atomic mass is 35.5. The minimum Gasteiger partial charge on any atom is -0.395 e. The zero-order valence-electron chi connectivity index (χ0n) is 16.5. The van der Waals surface area contributed by atoms with Crippen molar-refractivity contribution >= 4 is 28.3 Å². The van der Waals surface area contributed by atoms with Crippen LogP contribution in [0.5, 0.6) is 0 Å². The van der Waals surface area contributed by atoms with Gasteiger partial charge in [-0.25, -0.2) is 4.98 Å². The van der Waals surface area contributed by atoms with Gasteiger partial charge in [0.1, 0.15) is 5.82 Å². The Morgan fingerprint density at radius 2 is 1.86 bits per heavy atom. The molecule has 0 atom stereocenters. The number of aliphatic hydroxyl groups excluding tert-OH is 1. The molecule has 6 heteroatoms. The van der Waals surface area contributed by atoms with Crippen LogP contribution in [0.15, 0.2) is 36.4 Å². The number of fused-ring (bicyclic) bond motifs is 1. The monoisotopic (exact) mass is 398 g/mol. The second-order valence-corrected chi connectivity index (χ2v) is 7.95. The number of imidazole rings is 1. The van der Waals surface area contributed by atoms with Gasteiger partial charge in [0.15, 0.2) is 0 Å². The summed E-state index contributed by atoms with van der Waals surface area (Å²) in [6.45, 7) is 9.80. The average Bonchev–Trinajstić information content (AvgIpc) is 3.02. The highest BCUT2D eigenvalue weighted by molar-refractivity contribution is 6.31. The number of halogens is 1. The Balaban J connectivity index is 1.49. The van der Waals surface area contributed by atoms with Gasteiger partial charge in [-0.15, -0.1) is 0 Å². The van der Waals surface area contributed by atoms with Crippen LogP contribution >= 0.6 is 11.6 Å². The van der Waals surface area contributed by atoms with Gasteiger partial charge in [0.2, 0.25) is 0 Å². The van der Waals surface area contributed by atoms with Crippen molar-refractivity contribution in [2.24, 2.45) is 0 Å². The van der Waals surface area contributed by atoms with Crippen LogP contribution < -0.4 is 4.90 Å². The smallest absolute Gasteiger partial charge is 0.124 e. The van der Waals surface area contributed by atoms with E-state index in [9.17, 15) is 5.11 Å². The molecule has 0 spiro atoms. The van der Waals surface area contributed by atoms with Crippen molar-refractivity contribution in [1.29, 1.82) is 0 Å². The van der Waals surface area contributed by atoms with Crippen LogP contribution in [0, 0.1) is 13.8 Å². The predicted molar refractivity (Wildman–Crippen MR) is 115 cm³/mol. The summed E-state index contributed by atoms with van der Waals surface area (Å²) in [7, 11) is 0. The van der Waals surface area contributed by atoms with Crippen LogP contribution in [0.25, 0.3) is 11.0 Å². The predicted octanol–water partition coefficient (Wildman–Crippen LogP) is 3.62. The molecule has 1 aliphatic heterocycles. The SMILES string of the molecule is Cc1cccc(N2CCN(Cc3nc4ccc(Cl)cc4n3CCO)CC2)c1C. The molecule has 0 radical (unpaired) electrons. The average molecular weight is 399 g/mol. The Bertz CT molecular complexity index is 976. The minimum atomic E-state index is 0.0887. The van der Waals surface area contributed by atoms with Crippen molar-refractivity contribution in [3.8, 4) is 0 Å². The molecule has 28 heavy (non-hydrogen) atoms. The second kappa shape index (κ2) is 8.11. The molecule has 1 N–H and O–H groups in total. The van der Waals surface area contributed by atoms with Crippen LogP contribution in [0.1, 0.15) is 17.0 Å². The van der Waals surface area contributed by atoms with Gasteiger partial charge in [-0.3, -0.25) is 4.90 Å². The maximum Gasteiger partial charge on any atom is 0.124 e. The van der Waals surface area contributed by atoms with Crippen molar-refractivity contribution in [2.45, 2.75) is 26.9 Å². The third-order valence-electron chi connectivity index (χ3n) is 5.77. The van der Waals surface area contributed by atoms with Crippen LogP contribution in [0.4, 0.5) is 5.69 Å². The standard InChI is InChI=1S/C22H27ClN4O/c1-16-4-3-5-20(17(16)2)26-10-8-25(9-11-26)15-22-24-19-7-6-18(23)14-21(19)27(22)12-13-28/h3-7,14,28H,8-13,15H2,1-2H3. The van der Waals surface area contributed by atoms with Crippen LogP contribution in [-0.4, -0.2) is 52.3 Å². The fraction of sp³-hybridized carbons (Fsp3) is 0.409. The number of aliphatic hydroxyl groups is 1. The van der Waals surface area contributed by atoms with Crippen molar-refractivity contribution in [1.82, 2.24) is 14.5 Å². The molecule has 2 aromatic carbocycles. The molecule has 4 rings (SSSR count). The summed E-state index contributed by atoms with van der Waals surface area (Å²) < 4.78 is 2.10. The molecular formula is C22H27ClN4O. The maximum atomic E-state index is 9.50. The highest BCUT2D eigenvalue weighted by Crippen LogP contribution is 2.25. The van der Waals surface area contributed by atoms with Crippen molar-refractivity contribution in [3.63, 3.8) is 0 Å². The molecule has 3 aromatic rings. The number of aromatic nitrogens is 2. The minimum absolute atomic E-state index is 0.0887. The van der Waals surface area contributed by atoms with Crippen molar-refractivity contribution < 1.29 is 5.11 Å². The van der Waals surface area contributed by atoms with Gasteiger partial charge in [-0.2, -0.15) is 0 Å². The molecule has 1 fully saturated rings. The number of anilines is 1. The van der Waals surface area contributed by atoms with E-state index in [-0.39, 0.29) is 6.61 Å². The molecule has 0 aliphatic carbocycles. The normalized spacial score (nSPS) is 15.5. The fourth-order valence-corrected chi connectivity index (χ4v) is 4.21. The molecular weight excluding hydrogens is 372 g/mol. The summed E-state index contributed by atoms with van der Waals surface area (Å²) in [5.41, 5.74) is 5.99. The van der Waals surface area contributed by atoms with Crippen LogP contribution in [0.2, 0.25) is 5.02 Å². The van der Waals surface area contributed by atoms with Crippen molar-refractivity contribution in [3.05, 3.63) is 58.4 Å². The number of aryl methyl sites for hydroxylation is 1. The van der Waals surface area contributed by atoms with Gasteiger partial charge in [0, 0.05) is 43.4 Å². The number of hydrogen-bond donors (Lipinski definition) is 1. The summed E-state index contributed by atoms with van der Waals surface area (Å²) in [5, 5.41) is 10.2. The van der Waals surface area contributed by atoms with Gasteiger partial charge >= 0.3 is 0 Å². The highest BCUT2D eigenvalue weighted by Gasteiger charge is 2.21. The summed E-state index contributed by atoms with van der Waals surface area (Å²) in [6.07, 6.45) is 0. The van der Waals surface area contributed by atoms with E-state index in [0.717, 1.165) is 49.6 Å². The van der Waals surface area contributed by atoms with Gasteiger partial charge in [-0.1, -0.05) is 23.7 Å².